The van der Waals surface area contributed by atoms with E-state index in [1.54, 1.807) is 0 Å². The number of nitriles is 1. The van der Waals surface area contributed by atoms with E-state index in [9.17, 15) is 10.1 Å². The van der Waals surface area contributed by atoms with Gasteiger partial charge in [-0.2, -0.15) is 5.26 Å². The smallest absolute Gasteiger partial charge is 0.235 e. The van der Waals surface area contributed by atoms with E-state index in [-0.39, 0.29) is 17.8 Å². The number of hydrogen-bond donors (Lipinski definition) is 1. The standard InChI is InChI=1S/C25H28N6O2S/c1-16-17(2)30(14-20-9-6-12-33-20)24(21(16)13-26)27-22(32)15-34-25-28-23(18-10-11-18)31(29-25)19-7-4-3-5-8-19/h3-5,7-8,18,20H,6,9-12,14-15H2,1-2H3,(H,27,32). The van der Waals surface area contributed by atoms with Crippen LogP contribution in [0, 0.1) is 25.2 Å². The van der Waals surface area contributed by atoms with Crippen LogP contribution in [0.4, 0.5) is 5.82 Å². The molecule has 0 bridgehead atoms. The van der Waals surface area contributed by atoms with Gasteiger partial charge in [-0.1, -0.05) is 30.0 Å². The van der Waals surface area contributed by atoms with Gasteiger partial charge in [0.1, 0.15) is 17.7 Å². The fourth-order valence-electron chi connectivity index (χ4n) is 4.38. The van der Waals surface area contributed by atoms with Crippen molar-refractivity contribution in [2.24, 2.45) is 0 Å². The lowest BCUT2D eigenvalue weighted by Gasteiger charge is -2.16. The zero-order valence-electron chi connectivity index (χ0n) is 19.5. The summed E-state index contributed by atoms with van der Waals surface area (Å²) in [5, 5.41) is 18.0. The van der Waals surface area contributed by atoms with Crippen LogP contribution in [0.5, 0.6) is 0 Å². The Morgan fingerprint density at radius 2 is 2.06 bits per heavy atom. The zero-order valence-corrected chi connectivity index (χ0v) is 20.3. The van der Waals surface area contributed by atoms with E-state index in [4.69, 9.17) is 9.72 Å². The summed E-state index contributed by atoms with van der Waals surface area (Å²) in [6.45, 7) is 5.29. The Balaban J connectivity index is 1.31. The monoisotopic (exact) mass is 476 g/mol. The summed E-state index contributed by atoms with van der Waals surface area (Å²) in [6.07, 6.45) is 4.37. The lowest BCUT2D eigenvalue weighted by Crippen LogP contribution is -2.22. The lowest BCUT2D eigenvalue weighted by molar-refractivity contribution is -0.113. The number of ether oxygens (including phenoxy) is 1. The number of hydrogen-bond acceptors (Lipinski definition) is 6. The van der Waals surface area contributed by atoms with Gasteiger partial charge in [-0.25, -0.2) is 9.67 Å². The summed E-state index contributed by atoms with van der Waals surface area (Å²) >= 11 is 1.31. The number of nitrogens with one attached hydrogen (secondary N) is 1. The maximum absolute atomic E-state index is 12.9. The minimum absolute atomic E-state index is 0.106. The Bertz CT molecular complexity index is 1230. The maximum atomic E-state index is 12.9. The molecule has 1 saturated heterocycles. The van der Waals surface area contributed by atoms with Crippen LogP contribution >= 0.6 is 11.8 Å². The highest BCUT2D eigenvalue weighted by Crippen LogP contribution is 2.40. The molecule has 1 atom stereocenters. The quantitative estimate of drug-likeness (QED) is 0.486. The molecule has 0 radical (unpaired) electrons. The normalized spacial score (nSPS) is 17.6. The van der Waals surface area contributed by atoms with Crippen molar-refractivity contribution in [1.29, 1.82) is 5.26 Å². The van der Waals surface area contributed by atoms with Gasteiger partial charge in [-0.3, -0.25) is 4.79 Å². The fraction of sp³-hybridized carbons (Fsp3) is 0.440. The lowest BCUT2D eigenvalue weighted by atomic mass is 10.2. The van der Waals surface area contributed by atoms with E-state index < -0.39 is 0 Å². The number of rotatable bonds is 8. The predicted molar refractivity (Wildman–Crippen MR) is 130 cm³/mol. The minimum Gasteiger partial charge on any atom is -0.376 e. The molecule has 1 amide bonds. The summed E-state index contributed by atoms with van der Waals surface area (Å²) in [6, 6.07) is 12.2. The van der Waals surface area contributed by atoms with Crippen molar-refractivity contribution < 1.29 is 9.53 Å². The number of para-hydroxylation sites is 1. The number of amides is 1. The molecule has 3 aromatic rings. The second-order valence-corrected chi connectivity index (χ2v) is 9.85. The second-order valence-electron chi connectivity index (χ2n) is 8.90. The predicted octanol–water partition coefficient (Wildman–Crippen LogP) is 4.34. The molecule has 176 valence electrons. The van der Waals surface area contributed by atoms with Crippen LogP contribution in [-0.2, 0) is 16.1 Å². The molecule has 1 aliphatic heterocycles. The van der Waals surface area contributed by atoms with Gasteiger partial charge in [0.25, 0.3) is 0 Å². The second kappa shape index (κ2) is 9.65. The number of benzene rings is 1. The first-order valence-corrected chi connectivity index (χ1v) is 12.7. The van der Waals surface area contributed by atoms with Crippen LogP contribution in [0.2, 0.25) is 0 Å². The number of anilines is 1. The van der Waals surface area contributed by atoms with Crippen molar-refractivity contribution in [1.82, 2.24) is 19.3 Å². The van der Waals surface area contributed by atoms with Crippen molar-refractivity contribution in [2.75, 3.05) is 17.7 Å². The molecular weight excluding hydrogens is 448 g/mol. The fourth-order valence-corrected chi connectivity index (χ4v) is 5.01. The van der Waals surface area contributed by atoms with Gasteiger partial charge >= 0.3 is 0 Å². The molecule has 1 aromatic carbocycles. The Kier molecular flexibility index (Phi) is 6.44. The zero-order chi connectivity index (χ0) is 23.7. The van der Waals surface area contributed by atoms with E-state index in [1.807, 2.05) is 53.4 Å². The number of carbonyl (C=O) groups is 1. The number of nitrogens with zero attached hydrogens (tertiary/aromatic N) is 5. The average molecular weight is 477 g/mol. The summed E-state index contributed by atoms with van der Waals surface area (Å²) in [7, 11) is 0. The summed E-state index contributed by atoms with van der Waals surface area (Å²) < 4.78 is 9.70. The molecule has 1 N–H and O–H groups in total. The third-order valence-electron chi connectivity index (χ3n) is 6.50. The van der Waals surface area contributed by atoms with E-state index in [2.05, 4.69) is 16.5 Å². The van der Waals surface area contributed by atoms with Crippen LogP contribution in [0.15, 0.2) is 35.5 Å². The summed E-state index contributed by atoms with van der Waals surface area (Å²) in [5.74, 6) is 1.92. The molecule has 9 heteroatoms. The molecule has 3 heterocycles. The van der Waals surface area contributed by atoms with Gasteiger partial charge in [0.05, 0.1) is 29.7 Å². The first-order valence-electron chi connectivity index (χ1n) is 11.7. The molecule has 2 aromatic heterocycles. The van der Waals surface area contributed by atoms with Gasteiger partial charge in [0.15, 0.2) is 0 Å². The van der Waals surface area contributed by atoms with Crippen molar-refractivity contribution in [3.8, 4) is 11.8 Å². The maximum Gasteiger partial charge on any atom is 0.235 e. The highest BCUT2D eigenvalue weighted by molar-refractivity contribution is 7.99. The summed E-state index contributed by atoms with van der Waals surface area (Å²) in [5.41, 5.74) is 3.36. The molecule has 1 unspecified atom stereocenters. The van der Waals surface area contributed by atoms with Crippen molar-refractivity contribution in [2.45, 2.75) is 63.3 Å². The Labute approximate surface area is 203 Å². The molecule has 1 saturated carbocycles. The molecule has 5 rings (SSSR count). The van der Waals surface area contributed by atoms with E-state index in [1.165, 1.54) is 11.8 Å². The molecule has 1 aliphatic carbocycles. The minimum atomic E-state index is -0.184. The van der Waals surface area contributed by atoms with Gasteiger partial charge < -0.3 is 14.6 Å². The molecule has 2 aliphatic rings. The topological polar surface area (TPSA) is 97.8 Å². The van der Waals surface area contributed by atoms with Gasteiger partial charge in [0, 0.05) is 18.2 Å². The number of aromatic nitrogens is 4. The van der Waals surface area contributed by atoms with Gasteiger partial charge in [-0.05, 0) is 57.2 Å². The van der Waals surface area contributed by atoms with Crippen molar-refractivity contribution in [3.05, 3.63) is 53.0 Å². The molecule has 8 nitrogen and oxygen atoms in total. The van der Waals surface area contributed by atoms with Crippen molar-refractivity contribution >= 4 is 23.5 Å². The Morgan fingerprint density at radius 3 is 2.74 bits per heavy atom. The van der Waals surface area contributed by atoms with Crippen LogP contribution < -0.4 is 5.32 Å². The number of carbonyl (C=O) groups excluding carboxylic acids is 1. The molecule has 34 heavy (non-hydrogen) atoms. The third-order valence-corrected chi connectivity index (χ3v) is 7.34. The van der Waals surface area contributed by atoms with Gasteiger partial charge in [0.2, 0.25) is 11.1 Å². The SMILES string of the molecule is Cc1c(C#N)c(NC(=O)CSc2nc(C3CC3)n(-c3ccccc3)n2)n(CC2CCCO2)c1C. The van der Waals surface area contributed by atoms with Crippen LogP contribution in [0.1, 0.15) is 54.2 Å². The largest absolute Gasteiger partial charge is 0.376 e. The summed E-state index contributed by atoms with van der Waals surface area (Å²) in [4.78, 5) is 17.6. The Hall–Kier alpha value is -3.09. The first kappa shape index (κ1) is 22.7. The van der Waals surface area contributed by atoms with Crippen LogP contribution in [-0.4, -0.2) is 43.7 Å². The van der Waals surface area contributed by atoms with E-state index in [0.29, 0.717) is 29.0 Å². The van der Waals surface area contributed by atoms with Gasteiger partial charge in [-0.15, -0.1) is 5.10 Å². The Morgan fingerprint density at radius 1 is 1.26 bits per heavy atom. The molecular formula is C25H28N6O2S. The third kappa shape index (κ3) is 4.61. The van der Waals surface area contributed by atoms with Crippen molar-refractivity contribution in [3.63, 3.8) is 0 Å². The first-order chi connectivity index (χ1) is 16.5. The molecule has 0 spiro atoms. The number of thioether (sulfide) groups is 1. The molecule has 2 fully saturated rings. The highest BCUT2D eigenvalue weighted by Gasteiger charge is 2.31. The highest BCUT2D eigenvalue weighted by atomic mass is 32.2. The van der Waals surface area contributed by atoms with E-state index in [0.717, 1.165) is 55.1 Å². The van der Waals surface area contributed by atoms with E-state index >= 15 is 0 Å². The van der Waals surface area contributed by atoms with Crippen LogP contribution in [0.3, 0.4) is 0 Å². The average Bonchev–Trinajstić information content (AvgIpc) is 3.31. The van der Waals surface area contributed by atoms with Crippen LogP contribution in [0.25, 0.3) is 5.69 Å².